The number of fused-ring (bicyclic) bond motifs is 1. The Balaban J connectivity index is 1.03. The molecular weight excluding hydrogens is 465 g/mol. The van der Waals surface area contributed by atoms with Crippen molar-refractivity contribution in [2.45, 2.75) is 37.8 Å². The highest BCUT2D eigenvalue weighted by atomic mass is 19.1. The van der Waals surface area contributed by atoms with Gasteiger partial charge in [0.1, 0.15) is 18.5 Å². The Morgan fingerprint density at radius 3 is 2.54 bits per heavy atom. The second-order valence-electron chi connectivity index (χ2n) is 10.7. The van der Waals surface area contributed by atoms with Crippen LogP contribution in [0.15, 0.2) is 61.3 Å². The van der Waals surface area contributed by atoms with Gasteiger partial charge in [0, 0.05) is 54.5 Å². The highest BCUT2D eigenvalue weighted by Gasteiger charge is 2.33. The van der Waals surface area contributed by atoms with E-state index in [1.807, 2.05) is 16.7 Å². The molecule has 0 saturated carbocycles. The normalized spacial score (nSPS) is 20.6. The number of hydrogen-bond donors (Lipinski definition) is 1. The maximum absolute atomic E-state index is 13.5. The van der Waals surface area contributed by atoms with Crippen LogP contribution < -0.4 is 0 Å². The van der Waals surface area contributed by atoms with Gasteiger partial charge in [0.2, 0.25) is 0 Å². The van der Waals surface area contributed by atoms with Gasteiger partial charge in [-0.05, 0) is 93.8 Å². The average molecular weight is 502 g/mol. The summed E-state index contributed by atoms with van der Waals surface area (Å²) in [4.78, 5) is 11.2. The molecule has 1 atom stereocenters. The number of benzene rings is 2. The van der Waals surface area contributed by atoms with Gasteiger partial charge in [-0.15, -0.1) is 10.2 Å². The SMILES string of the molecule is CN1CCN(C2CCN(CCCc3c[nH]c4ccc(-n5cnnc5)cc34)CC2)C(c2ccc(F)cc2)C1. The zero-order valence-corrected chi connectivity index (χ0v) is 21.6. The van der Waals surface area contributed by atoms with Gasteiger partial charge in [0.15, 0.2) is 0 Å². The van der Waals surface area contributed by atoms with Crippen LogP contribution in [0, 0.1) is 5.82 Å². The predicted molar refractivity (Wildman–Crippen MR) is 144 cm³/mol. The zero-order valence-electron chi connectivity index (χ0n) is 21.6. The third-order valence-electron chi connectivity index (χ3n) is 8.29. The lowest BCUT2D eigenvalue weighted by molar-refractivity contribution is 0.0220. The number of aryl methyl sites for hydroxylation is 1. The molecule has 8 heteroatoms. The number of H-pyrrole nitrogens is 1. The molecule has 1 N–H and O–H groups in total. The average Bonchev–Trinajstić information content (AvgIpc) is 3.60. The molecular formula is C29H36FN7. The van der Waals surface area contributed by atoms with Crippen LogP contribution in [0.25, 0.3) is 16.6 Å². The monoisotopic (exact) mass is 501 g/mol. The van der Waals surface area contributed by atoms with Gasteiger partial charge in [0.25, 0.3) is 0 Å². The van der Waals surface area contributed by atoms with Crippen LogP contribution in [0.5, 0.6) is 0 Å². The minimum atomic E-state index is -0.156. The van der Waals surface area contributed by atoms with Gasteiger partial charge in [-0.3, -0.25) is 9.47 Å². The lowest BCUT2D eigenvalue weighted by Crippen LogP contribution is -2.53. The number of aromatic nitrogens is 4. The Kier molecular flexibility index (Phi) is 7.04. The number of aromatic amines is 1. The second-order valence-corrected chi connectivity index (χ2v) is 10.7. The number of likely N-dealkylation sites (tertiary alicyclic amines) is 1. The first-order valence-electron chi connectivity index (χ1n) is 13.5. The van der Waals surface area contributed by atoms with Crippen LogP contribution >= 0.6 is 0 Å². The van der Waals surface area contributed by atoms with Crippen molar-refractivity contribution in [2.24, 2.45) is 0 Å². The Hall–Kier alpha value is -3.07. The molecule has 0 radical (unpaired) electrons. The number of nitrogens with one attached hydrogen (secondary N) is 1. The van der Waals surface area contributed by atoms with E-state index in [4.69, 9.17) is 0 Å². The number of rotatable bonds is 7. The molecule has 1 unspecified atom stereocenters. The van der Waals surface area contributed by atoms with Gasteiger partial charge in [0.05, 0.1) is 0 Å². The molecule has 2 aromatic heterocycles. The molecule has 2 saturated heterocycles. The largest absolute Gasteiger partial charge is 0.361 e. The Labute approximate surface area is 217 Å². The zero-order chi connectivity index (χ0) is 25.2. The van der Waals surface area contributed by atoms with Crippen LogP contribution in [-0.4, -0.2) is 86.8 Å². The van der Waals surface area contributed by atoms with E-state index in [0.717, 1.165) is 57.8 Å². The maximum Gasteiger partial charge on any atom is 0.123 e. The molecule has 37 heavy (non-hydrogen) atoms. The van der Waals surface area contributed by atoms with E-state index >= 15 is 0 Å². The van der Waals surface area contributed by atoms with Crippen molar-refractivity contribution in [2.75, 3.05) is 46.3 Å². The number of nitrogens with zero attached hydrogens (tertiary/aromatic N) is 6. The van der Waals surface area contributed by atoms with Crippen LogP contribution in [0.4, 0.5) is 4.39 Å². The second kappa shape index (κ2) is 10.7. The van der Waals surface area contributed by atoms with Crippen molar-refractivity contribution in [3.63, 3.8) is 0 Å². The number of likely N-dealkylation sites (N-methyl/N-ethyl adjacent to an activating group) is 1. The molecule has 0 aliphatic carbocycles. The van der Waals surface area contributed by atoms with E-state index in [9.17, 15) is 4.39 Å². The predicted octanol–water partition coefficient (Wildman–Crippen LogP) is 4.27. The molecule has 194 valence electrons. The lowest BCUT2D eigenvalue weighted by Gasteiger charge is -2.47. The fraction of sp³-hybridized carbons (Fsp3) is 0.448. The summed E-state index contributed by atoms with van der Waals surface area (Å²) in [6.07, 6.45) is 10.3. The Bertz CT molecular complexity index is 1290. The summed E-state index contributed by atoms with van der Waals surface area (Å²) in [5.41, 5.74) is 4.87. The smallest absolute Gasteiger partial charge is 0.123 e. The van der Waals surface area contributed by atoms with Gasteiger partial charge in [-0.25, -0.2) is 4.39 Å². The molecule has 0 bridgehead atoms. The molecule has 0 spiro atoms. The maximum atomic E-state index is 13.5. The third-order valence-corrected chi connectivity index (χ3v) is 8.29. The van der Waals surface area contributed by atoms with Gasteiger partial charge in [-0.2, -0.15) is 0 Å². The summed E-state index contributed by atoms with van der Waals surface area (Å²) in [5.74, 6) is -0.156. The fourth-order valence-electron chi connectivity index (χ4n) is 6.19. The van der Waals surface area contributed by atoms with Gasteiger partial charge in [-0.1, -0.05) is 12.1 Å². The molecule has 0 amide bonds. The summed E-state index contributed by atoms with van der Waals surface area (Å²) in [6.45, 7) is 6.63. The first-order chi connectivity index (χ1) is 18.1. The van der Waals surface area contributed by atoms with Crippen molar-refractivity contribution in [1.29, 1.82) is 0 Å². The first-order valence-corrected chi connectivity index (χ1v) is 13.5. The number of halogens is 1. The van der Waals surface area contributed by atoms with E-state index in [1.54, 1.807) is 24.8 Å². The van der Waals surface area contributed by atoms with Gasteiger partial charge >= 0.3 is 0 Å². The van der Waals surface area contributed by atoms with Crippen LogP contribution in [0.2, 0.25) is 0 Å². The van der Waals surface area contributed by atoms with E-state index < -0.39 is 0 Å². The summed E-state index contributed by atoms with van der Waals surface area (Å²) in [7, 11) is 2.19. The summed E-state index contributed by atoms with van der Waals surface area (Å²) in [5, 5.41) is 9.15. The number of piperidine rings is 1. The number of piperazine rings is 1. The van der Waals surface area contributed by atoms with E-state index in [2.05, 4.69) is 61.3 Å². The molecule has 6 rings (SSSR count). The minimum Gasteiger partial charge on any atom is -0.361 e. The van der Waals surface area contributed by atoms with E-state index in [0.29, 0.717) is 12.1 Å². The third kappa shape index (κ3) is 5.32. The van der Waals surface area contributed by atoms with E-state index in [-0.39, 0.29) is 5.82 Å². The highest BCUT2D eigenvalue weighted by molar-refractivity contribution is 5.85. The van der Waals surface area contributed by atoms with Crippen LogP contribution in [-0.2, 0) is 6.42 Å². The van der Waals surface area contributed by atoms with Crippen LogP contribution in [0.3, 0.4) is 0 Å². The lowest BCUT2D eigenvalue weighted by atomic mass is 9.95. The number of hydrogen-bond acceptors (Lipinski definition) is 5. The molecule has 2 aromatic carbocycles. The Morgan fingerprint density at radius 1 is 0.973 bits per heavy atom. The first kappa shape index (κ1) is 24.3. The standard InChI is InChI=1S/C29H36FN7/c1-34-15-16-37(29(19-34)22-4-6-24(30)7-5-22)25-10-13-35(14-11-25)12-2-3-23-18-31-28-9-8-26(17-27(23)28)36-20-32-33-21-36/h4-9,17-18,20-21,25,29,31H,2-3,10-16,19H2,1H3. The van der Waals surface area contributed by atoms with Crippen LogP contribution in [0.1, 0.15) is 36.4 Å². The molecule has 2 aliphatic heterocycles. The van der Waals surface area contributed by atoms with Crippen molar-refractivity contribution < 1.29 is 4.39 Å². The molecule has 4 aromatic rings. The van der Waals surface area contributed by atoms with Crippen molar-refractivity contribution >= 4 is 10.9 Å². The summed E-state index contributed by atoms with van der Waals surface area (Å²) in [6, 6.07) is 14.6. The van der Waals surface area contributed by atoms with Gasteiger partial charge < -0.3 is 14.8 Å². The highest BCUT2D eigenvalue weighted by Crippen LogP contribution is 2.31. The van der Waals surface area contributed by atoms with E-state index in [1.165, 1.54) is 34.9 Å². The summed E-state index contributed by atoms with van der Waals surface area (Å²) >= 11 is 0. The molecule has 7 nitrogen and oxygen atoms in total. The fourth-order valence-corrected chi connectivity index (χ4v) is 6.19. The topological polar surface area (TPSA) is 56.2 Å². The molecule has 2 fully saturated rings. The molecule has 2 aliphatic rings. The van der Waals surface area contributed by atoms with Crippen molar-refractivity contribution in [1.82, 2.24) is 34.4 Å². The minimum absolute atomic E-state index is 0.156. The van der Waals surface area contributed by atoms with Crippen molar-refractivity contribution in [3.8, 4) is 5.69 Å². The Morgan fingerprint density at radius 2 is 1.76 bits per heavy atom. The van der Waals surface area contributed by atoms with Crippen molar-refractivity contribution in [3.05, 3.63) is 78.3 Å². The quantitative estimate of drug-likeness (QED) is 0.410. The summed E-state index contributed by atoms with van der Waals surface area (Å²) < 4.78 is 15.5. The molecule has 4 heterocycles.